The van der Waals surface area contributed by atoms with E-state index in [1.165, 1.54) is 62.5 Å². The Balaban J connectivity index is 1.39. The molecule has 0 spiro atoms. The number of carbonyl (C=O) groups is 2. The number of nitrogens with zero attached hydrogens (tertiary/aromatic N) is 1. The highest BCUT2D eigenvalue weighted by atomic mass is 16.5. The Morgan fingerprint density at radius 1 is 1.03 bits per heavy atom. The van der Waals surface area contributed by atoms with E-state index < -0.39 is 5.97 Å². The minimum Gasteiger partial charge on any atom is -0.492 e. The van der Waals surface area contributed by atoms with E-state index in [0.29, 0.717) is 41.2 Å². The van der Waals surface area contributed by atoms with Crippen molar-refractivity contribution in [2.45, 2.75) is 69.6 Å². The summed E-state index contributed by atoms with van der Waals surface area (Å²) in [6.07, 6.45) is 10.8. The maximum atomic E-state index is 12.5. The molecule has 3 unspecified atom stereocenters. The van der Waals surface area contributed by atoms with Gasteiger partial charge in [-0.3, -0.25) is 9.59 Å². The van der Waals surface area contributed by atoms with E-state index in [1.54, 1.807) is 0 Å². The average molecular weight is 501 g/mol. The summed E-state index contributed by atoms with van der Waals surface area (Å²) in [5.74, 6) is 1.25. The fourth-order valence-electron chi connectivity index (χ4n) is 7.09. The zero-order valence-corrected chi connectivity index (χ0v) is 21.4. The third-order valence-electron chi connectivity index (χ3n) is 8.95. The van der Waals surface area contributed by atoms with Crippen LogP contribution in [-0.4, -0.2) is 30.1 Å². The van der Waals surface area contributed by atoms with Gasteiger partial charge in [-0.2, -0.15) is 5.26 Å². The molecule has 37 heavy (non-hydrogen) atoms. The highest BCUT2D eigenvalue weighted by Crippen LogP contribution is 2.60. The molecule has 3 atom stereocenters. The lowest BCUT2D eigenvalue weighted by Gasteiger charge is -2.39. The van der Waals surface area contributed by atoms with Crippen molar-refractivity contribution in [1.82, 2.24) is 5.32 Å². The number of aliphatic carboxylic acids is 1. The minimum absolute atomic E-state index is 0.0996. The summed E-state index contributed by atoms with van der Waals surface area (Å²) in [4.78, 5) is 23.2. The van der Waals surface area contributed by atoms with E-state index in [2.05, 4.69) is 17.5 Å². The van der Waals surface area contributed by atoms with Crippen molar-refractivity contribution in [2.75, 3.05) is 13.2 Å². The Hall–Kier alpha value is -3.33. The molecule has 194 valence electrons. The van der Waals surface area contributed by atoms with Gasteiger partial charge in [0.25, 0.3) is 5.91 Å². The van der Waals surface area contributed by atoms with Crippen LogP contribution in [0.4, 0.5) is 0 Å². The minimum atomic E-state index is -0.934. The zero-order valence-electron chi connectivity index (χ0n) is 21.4. The third-order valence-corrected chi connectivity index (χ3v) is 8.95. The lowest BCUT2D eigenvalue weighted by Crippen LogP contribution is -2.34. The van der Waals surface area contributed by atoms with Crippen molar-refractivity contribution < 1.29 is 19.4 Å². The average Bonchev–Trinajstić information content (AvgIpc) is 3.55. The molecular formula is C31H36N2O4. The van der Waals surface area contributed by atoms with Crippen molar-refractivity contribution in [1.29, 1.82) is 5.26 Å². The van der Waals surface area contributed by atoms with Crippen LogP contribution in [0.25, 0.3) is 0 Å². The molecule has 0 aromatic heterocycles. The summed E-state index contributed by atoms with van der Waals surface area (Å²) in [5, 5.41) is 21.5. The molecule has 0 radical (unpaired) electrons. The van der Waals surface area contributed by atoms with Crippen molar-refractivity contribution in [3.63, 3.8) is 0 Å². The van der Waals surface area contributed by atoms with E-state index in [4.69, 9.17) is 9.84 Å². The van der Waals surface area contributed by atoms with Crippen molar-refractivity contribution in [3.8, 4) is 11.8 Å². The largest absolute Gasteiger partial charge is 0.492 e. The number of fused-ring (bicyclic) bond motifs is 2. The standard InChI is InChI=1S/C31H36N2O4/c32-19-24-17-27(12-13-28(24)37-20-21-4-2-1-3-5-21)31(18-22-6-9-26(31)16-22)25-10-7-23(8-11-25)30(36)33-15-14-29(34)35/h7-8,10-13,17,21-22,26H,1-6,9,14-16,18,20H2,(H,33,36)(H,34,35). The second kappa shape index (κ2) is 11.0. The van der Waals surface area contributed by atoms with Crippen LogP contribution in [0, 0.1) is 29.1 Å². The number of carboxylic acid groups (broad SMARTS) is 1. The van der Waals surface area contributed by atoms with Gasteiger partial charge < -0.3 is 15.2 Å². The first-order valence-electron chi connectivity index (χ1n) is 13.8. The number of hydrogen-bond acceptors (Lipinski definition) is 4. The number of rotatable bonds is 9. The van der Waals surface area contributed by atoms with E-state index in [9.17, 15) is 14.9 Å². The highest BCUT2D eigenvalue weighted by molar-refractivity contribution is 5.94. The molecule has 3 aliphatic carbocycles. The number of amides is 1. The quantitative estimate of drug-likeness (QED) is 0.451. The Kier molecular flexibility index (Phi) is 7.50. The number of hydrogen-bond donors (Lipinski definition) is 2. The Bertz CT molecular complexity index is 1180. The monoisotopic (exact) mass is 500 g/mol. The smallest absolute Gasteiger partial charge is 0.305 e. The molecule has 0 saturated heterocycles. The Labute approximate surface area is 219 Å². The number of benzene rings is 2. The maximum absolute atomic E-state index is 12.5. The topological polar surface area (TPSA) is 99.4 Å². The maximum Gasteiger partial charge on any atom is 0.305 e. The van der Waals surface area contributed by atoms with Gasteiger partial charge in [0.2, 0.25) is 0 Å². The summed E-state index contributed by atoms with van der Waals surface area (Å²) in [7, 11) is 0. The van der Waals surface area contributed by atoms with Gasteiger partial charge in [-0.1, -0.05) is 43.9 Å². The molecule has 3 aliphatic rings. The van der Waals surface area contributed by atoms with Crippen LogP contribution in [0.2, 0.25) is 0 Å². The van der Waals surface area contributed by atoms with E-state index in [-0.39, 0.29) is 24.3 Å². The van der Waals surface area contributed by atoms with Crippen LogP contribution in [0.1, 0.15) is 91.3 Å². The zero-order chi connectivity index (χ0) is 25.8. The number of nitrogens with one attached hydrogen (secondary N) is 1. The van der Waals surface area contributed by atoms with Gasteiger partial charge in [-0.25, -0.2) is 0 Å². The second-order valence-electron chi connectivity index (χ2n) is 11.2. The Morgan fingerprint density at radius 3 is 2.43 bits per heavy atom. The Morgan fingerprint density at radius 2 is 1.78 bits per heavy atom. The fraction of sp³-hybridized carbons (Fsp3) is 0.516. The lowest BCUT2D eigenvalue weighted by molar-refractivity contribution is -0.136. The number of ether oxygens (including phenoxy) is 1. The summed E-state index contributed by atoms with van der Waals surface area (Å²) in [5.41, 5.74) is 3.30. The molecule has 3 fully saturated rings. The van der Waals surface area contributed by atoms with Crippen LogP contribution in [0.5, 0.6) is 5.75 Å². The molecular weight excluding hydrogens is 464 g/mol. The van der Waals surface area contributed by atoms with Crippen LogP contribution in [0.15, 0.2) is 42.5 Å². The molecule has 1 amide bonds. The number of nitriles is 1. The molecule has 2 aromatic rings. The van der Waals surface area contributed by atoms with Crippen molar-refractivity contribution in [3.05, 3.63) is 64.7 Å². The first-order valence-corrected chi connectivity index (χ1v) is 13.8. The predicted molar refractivity (Wildman–Crippen MR) is 140 cm³/mol. The molecule has 0 heterocycles. The molecule has 2 N–H and O–H groups in total. The predicted octanol–water partition coefficient (Wildman–Crippen LogP) is 5.83. The third kappa shape index (κ3) is 5.23. The fourth-order valence-corrected chi connectivity index (χ4v) is 7.09. The summed E-state index contributed by atoms with van der Waals surface area (Å²) < 4.78 is 6.17. The van der Waals surface area contributed by atoms with Crippen molar-refractivity contribution >= 4 is 11.9 Å². The normalized spacial score (nSPS) is 24.9. The van der Waals surface area contributed by atoms with E-state index in [0.717, 1.165) is 6.42 Å². The summed E-state index contributed by atoms with van der Waals surface area (Å²) >= 11 is 0. The van der Waals surface area contributed by atoms with Gasteiger partial charge in [0, 0.05) is 17.5 Å². The summed E-state index contributed by atoms with van der Waals surface area (Å²) in [6.45, 7) is 0.787. The summed E-state index contributed by atoms with van der Waals surface area (Å²) in [6, 6.07) is 16.4. The van der Waals surface area contributed by atoms with Gasteiger partial charge in [-0.15, -0.1) is 0 Å². The van der Waals surface area contributed by atoms with Crippen LogP contribution < -0.4 is 10.1 Å². The number of carbonyl (C=O) groups excluding carboxylic acids is 1. The molecule has 5 rings (SSSR count). The molecule has 2 bridgehead atoms. The molecule has 6 nitrogen and oxygen atoms in total. The van der Waals surface area contributed by atoms with E-state index >= 15 is 0 Å². The highest BCUT2D eigenvalue weighted by Gasteiger charge is 2.52. The van der Waals surface area contributed by atoms with Gasteiger partial charge in [0.15, 0.2) is 0 Å². The van der Waals surface area contributed by atoms with Crippen LogP contribution >= 0.6 is 0 Å². The van der Waals surface area contributed by atoms with Crippen LogP contribution in [0.3, 0.4) is 0 Å². The van der Waals surface area contributed by atoms with Gasteiger partial charge >= 0.3 is 5.97 Å². The first kappa shape index (κ1) is 25.3. The van der Waals surface area contributed by atoms with Crippen LogP contribution in [-0.2, 0) is 10.2 Å². The second-order valence-corrected chi connectivity index (χ2v) is 11.2. The molecule has 6 heteroatoms. The van der Waals surface area contributed by atoms with Gasteiger partial charge in [0.1, 0.15) is 11.8 Å². The number of carboxylic acids is 1. The molecule has 0 aliphatic heterocycles. The first-order chi connectivity index (χ1) is 18.0. The van der Waals surface area contributed by atoms with Gasteiger partial charge in [0.05, 0.1) is 18.6 Å². The van der Waals surface area contributed by atoms with Crippen molar-refractivity contribution in [2.24, 2.45) is 17.8 Å². The molecule has 3 saturated carbocycles. The molecule has 2 aromatic carbocycles. The van der Waals surface area contributed by atoms with E-state index in [1.807, 2.05) is 36.4 Å². The lowest BCUT2D eigenvalue weighted by atomic mass is 9.64. The SMILES string of the molecule is N#Cc1cc(C2(c3ccc(C(=O)NCCC(=O)O)cc3)CC3CCC2C3)ccc1OCC1CCCCC1. The van der Waals surface area contributed by atoms with Gasteiger partial charge in [-0.05, 0) is 85.3 Å².